The molecule has 21 heavy (non-hydrogen) atoms. The molecule has 0 aromatic carbocycles. The Hall–Kier alpha value is -2.42. The summed E-state index contributed by atoms with van der Waals surface area (Å²) in [7, 11) is 0. The molecule has 0 saturated heterocycles. The summed E-state index contributed by atoms with van der Waals surface area (Å²) in [5.74, 6) is -2.16. The lowest BCUT2D eigenvalue weighted by Crippen LogP contribution is -2.46. The maximum atomic E-state index is 12.0. The normalized spacial score (nSPS) is 13.5. The van der Waals surface area contributed by atoms with E-state index in [1.54, 1.807) is 0 Å². The lowest BCUT2D eigenvalue weighted by atomic mass is 10.1. The summed E-state index contributed by atoms with van der Waals surface area (Å²) in [5.41, 5.74) is -2.28. The van der Waals surface area contributed by atoms with E-state index in [0.717, 1.165) is 13.0 Å². The molecule has 1 aromatic rings. The first-order chi connectivity index (χ1) is 9.69. The Balaban J connectivity index is 2.91. The number of hydrogen-bond donors (Lipinski definition) is 3. The first kappa shape index (κ1) is 16.6. The van der Waals surface area contributed by atoms with Crippen molar-refractivity contribution < 1.29 is 24.7 Å². The van der Waals surface area contributed by atoms with Crippen LogP contribution in [-0.2, 0) is 11.3 Å². The lowest BCUT2D eigenvalue weighted by Gasteiger charge is -2.18. The molecule has 0 saturated carbocycles. The molecule has 1 atom stereocenters. The Morgan fingerprint density at radius 2 is 2.14 bits per heavy atom. The molecule has 0 aliphatic carbocycles. The summed E-state index contributed by atoms with van der Waals surface area (Å²) in [6.07, 6.45) is 1.91. The van der Waals surface area contributed by atoms with E-state index in [-0.39, 0.29) is 11.4 Å². The van der Waals surface area contributed by atoms with Gasteiger partial charge in [0.2, 0.25) is 0 Å². The van der Waals surface area contributed by atoms with Gasteiger partial charge in [0.15, 0.2) is 5.60 Å². The van der Waals surface area contributed by atoms with E-state index in [9.17, 15) is 24.8 Å². The number of aliphatic carboxylic acids is 1. The van der Waals surface area contributed by atoms with Crippen LogP contribution in [0.2, 0.25) is 0 Å². The SMILES string of the molecule is CCCn1cc([N+](=O)[O-])cc1C(=O)NCC(C)(O)C(=O)O. The molecule has 9 heteroatoms. The summed E-state index contributed by atoms with van der Waals surface area (Å²) in [5, 5.41) is 31.3. The molecule has 0 bridgehead atoms. The minimum atomic E-state index is -2.11. The van der Waals surface area contributed by atoms with Crippen LogP contribution < -0.4 is 5.32 Å². The number of carbonyl (C=O) groups excluding carboxylic acids is 1. The fourth-order valence-electron chi connectivity index (χ4n) is 1.63. The Kier molecular flexibility index (Phi) is 5.03. The van der Waals surface area contributed by atoms with E-state index in [0.29, 0.717) is 13.0 Å². The molecule has 1 heterocycles. The number of amides is 1. The van der Waals surface area contributed by atoms with Crippen molar-refractivity contribution in [2.24, 2.45) is 0 Å². The molecule has 3 N–H and O–H groups in total. The lowest BCUT2D eigenvalue weighted by molar-refractivity contribution is -0.384. The highest BCUT2D eigenvalue weighted by Crippen LogP contribution is 2.17. The number of rotatable bonds is 7. The largest absolute Gasteiger partial charge is 0.479 e. The average molecular weight is 299 g/mol. The maximum absolute atomic E-state index is 12.0. The van der Waals surface area contributed by atoms with Crippen molar-refractivity contribution in [1.82, 2.24) is 9.88 Å². The average Bonchev–Trinajstić information content (AvgIpc) is 2.80. The molecular weight excluding hydrogens is 282 g/mol. The third-order valence-corrected chi connectivity index (χ3v) is 2.84. The predicted molar refractivity (Wildman–Crippen MR) is 72.0 cm³/mol. The van der Waals surface area contributed by atoms with Gasteiger partial charge in [0.05, 0.1) is 17.7 Å². The second kappa shape index (κ2) is 6.35. The maximum Gasteiger partial charge on any atom is 0.337 e. The number of nitrogens with zero attached hydrogens (tertiary/aromatic N) is 2. The molecular formula is C12H17N3O6. The molecule has 0 aliphatic rings. The molecule has 0 fully saturated rings. The van der Waals surface area contributed by atoms with Gasteiger partial charge in [-0.05, 0) is 13.3 Å². The second-order valence-electron chi connectivity index (χ2n) is 4.80. The molecule has 1 aromatic heterocycles. The van der Waals surface area contributed by atoms with Gasteiger partial charge in [-0.2, -0.15) is 0 Å². The van der Waals surface area contributed by atoms with Crippen LogP contribution in [-0.4, -0.2) is 43.7 Å². The molecule has 0 spiro atoms. The van der Waals surface area contributed by atoms with E-state index >= 15 is 0 Å². The summed E-state index contributed by atoms with van der Waals surface area (Å²) in [6.45, 7) is 2.80. The van der Waals surface area contributed by atoms with Crippen LogP contribution in [0.3, 0.4) is 0 Å². The molecule has 116 valence electrons. The van der Waals surface area contributed by atoms with Crippen LogP contribution in [0.25, 0.3) is 0 Å². The fourth-order valence-corrected chi connectivity index (χ4v) is 1.63. The van der Waals surface area contributed by atoms with Crippen molar-refractivity contribution in [3.63, 3.8) is 0 Å². The van der Waals surface area contributed by atoms with Gasteiger partial charge in [-0.25, -0.2) is 4.79 Å². The third kappa shape index (κ3) is 4.02. The molecule has 1 unspecified atom stereocenters. The highest BCUT2D eigenvalue weighted by Gasteiger charge is 2.31. The Morgan fingerprint density at radius 1 is 1.52 bits per heavy atom. The zero-order chi connectivity index (χ0) is 16.2. The zero-order valence-corrected chi connectivity index (χ0v) is 11.7. The zero-order valence-electron chi connectivity index (χ0n) is 11.7. The van der Waals surface area contributed by atoms with Crippen molar-refractivity contribution in [2.75, 3.05) is 6.54 Å². The highest BCUT2D eigenvalue weighted by molar-refractivity contribution is 5.94. The third-order valence-electron chi connectivity index (χ3n) is 2.84. The van der Waals surface area contributed by atoms with Crippen LogP contribution in [0.5, 0.6) is 0 Å². The van der Waals surface area contributed by atoms with Gasteiger partial charge < -0.3 is 20.1 Å². The van der Waals surface area contributed by atoms with Gasteiger partial charge in [0, 0.05) is 12.6 Å². The number of carboxylic acids is 1. The van der Waals surface area contributed by atoms with Crippen LogP contribution in [0, 0.1) is 10.1 Å². The van der Waals surface area contributed by atoms with Gasteiger partial charge in [-0.1, -0.05) is 6.92 Å². The van der Waals surface area contributed by atoms with Gasteiger partial charge in [0.1, 0.15) is 5.69 Å². The number of aromatic nitrogens is 1. The van der Waals surface area contributed by atoms with E-state index in [1.807, 2.05) is 6.92 Å². The number of hydrogen-bond acceptors (Lipinski definition) is 5. The minimum Gasteiger partial charge on any atom is -0.479 e. The Labute approximate surface area is 120 Å². The monoisotopic (exact) mass is 299 g/mol. The Bertz CT molecular complexity index is 563. The van der Waals surface area contributed by atoms with Crippen LogP contribution in [0.4, 0.5) is 5.69 Å². The highest BCUT2D eigenvalue weighted by atomic mass is 16.6. The van der Waals surface area contributed by atoms with Gasteiger partial charge in [0.25, 0.3) is 11.6 Å². The van der Waals surface area contributed by atoms with Crippen molar-refractivity contribution >= 4 is 17.6 Å². The smallest absolute Gasteiger partial charge is 0.337 e. The fraction of sp³-hybridized carbons (Fsp3) is 0.500. The minimum absolute atomic E-state index is 0.0461. The first-order valence-corrected chi connectivity index (χ1v) is 6.27. The summed E-state index contributed by atoms with van der Waals surface area (Å²) in [4.78, 5) is 32.9. The van der Waals surface area contributed by atoms with Crippen molar-refractivity contribution in [3.05, 3.63) is 28.1 Å². The molecule has 1 amide bonds. The summed E-state index contributed by atoms with van der Waals surface area (Å²) < 4.78 is 1.42. The van der Waals surface area contributed by atoms with E-state index in [2.05, 4.69) is 5.32 Å². The number of nitrogens with one attached hydrogen (secondary N) is 1. The van der Waals surface area contributed by atoms with Crippen LogP contribution >= 0.6 is 0 Å². The topological polar surface area (TPSA) is 135 Å². The molecule has 0 radical (unpaired) electrons. The van der Waals surface area contributed by atoms with Crippen molar-refractivity contribution in [1.29, 1.82) is 0 Å². The first-order valence-electron chi connectivity index (χ1n) is 6.27. The van der Waals surface area contributed by atoms with Crippen molar-refractivity contribution in [2.45, 2.75) is 32.4 Å². The van der Waals surface area contributed by atoms with E-state index in [1.165, 1.54) is 10.8 Å². The van der Waals surface area contributed by atoms with Crippen molar-refractivity contribution in [3.8, 4) is 0 Å². The Morgan fingerprint density at radius 3 is 2.62 bits per heavy atom. The molecule has 0 aliphatic heterocycles. The second-order valence-corrected chi connectivity index (χ2v) is 4.80. The summed E-state index contributed by atoms with van der Waals surface area (Å²) >= 11 is 0. The number of carbonyl (C=O) groups is 2. The molecule has 1 rings (SSSR count). The number of aryl methyl sites for hydroxylation is 1. The van der Waals surface area contributed by atoms with E-state index in [4.69, 9.17) is 5.11 Å². The van der Waals surface area contributed by atoms with Gasteiger partial charge in [-0.3, -0.25) is 14.9 Å². The number of aliphatic hydroxyl groups is 1. The molecule has 9 nitrogen and oxygen atoms in total. The van der Waals surface area contributed by atoms with E-state index < -0.39 is 28.9 Å². The van der Waals surface area contributed by atoms with Gasteiger partial charge in [-0.15, -0.1) is 0 Å². The predicted octanol–water partition coefficient (Wildman–Crippen LogP) is 0.372. The van der Waals surface area contributed by atoms with Gasteiger partial charge >= 0.3 is 5.97 Å². The van der Waals surface area contributed by atoms with Crippen LogP contribution in [0.1, 0.15) is 30.8 Å². The number of carboxylic acid groups (broad SMARTS) is 1. The van der Waals surface area contributed by atoms with Crippen LogP contribution in [0.15, 0.2) is 12.3 Å². The summed E-state index contributed by atoms with van der Waals surface area (Å²) in [6, 6.07) is 1.11. The standard InChI is InChI=1S/C12H17N3O6/c1-3-4-14-6-8(15(20)21)5-9(14)10(16)13-7-12(2,19)11(17)18/h5-6,19H,3-4,7H2,1-2H3,(H,13,16)(H,17,18). The number of nitro groups is 1. The quantitative estimate of drug-likeness (QED) is 0.492.